The average Bonchev–Trinajstić information content (AvgIpc) is 3.06. The zero-order valence-electron chi connectivity index (χ0n) is 14.2. The summed E-state index contributed by atoms with van der Waals surface area (Å²) in [5.41, 5.74) is 1.63. The van der Waals surface area contributed by atoms with Crippen molar-refractivity contribution < 1.29 is 14.1 Å². The molecule has 1 N–H and O–H groups in total. The summed E-state index contributed by atoms with van der Waals surface area (Å²) in [4.78, 5) is 20.3. The number of carbonyl (C=O) groups excluding carboxylic acids is 1. The highest BCUT2D eigenvalue weighted by atomic mass is 16.5. The Kier molecular flexibility index (Phi) is 5.23. The molecule has 7 nitrogen and oxygen atoms in total. The van der Waals surface area contributed by atoms with E-state index in [-0.39, 0.29) is 24.1 Å². The molecule has 3 aromatic rings. The molecule has 0 radical (unpaired) electrons. The highest BCUT2D eigenvalue weighted by Gasteiger charge is 2.22. The Morgan fingerprint density at radius 3 is 2.84 bits per heavy atom. The number of benzene rings is 1. The molecule has 0 bridgehead atoms. The standard InChI is InChI=1S/C18H20N4O3/c1-3-24-18(23)15-14-16(19-11-20-17(14)25-22-15)21-12(2)9-10-13-7-5-4-6-8-13/h4-8,11-12H,3,9-10H2,1-2H3,(H,19,20,21)/t12-/m0/s1. The van der Waals surface area contributed by atoms with E-state index < -0.39 is 5.97 Å². The van der Waals surface area contributed by atoms with E-state index >= 15 is 0 Å². The molecule has 0 aliphatic rings. The molecule has 25 heavy (non-hydrogen) atoms. The minimum Gasteiger partial charge on any atom is -0.461 e. The van der Waals surface area contributed by atoms with Gasteiger partial charge in [0.25, 0.3) is 5.71 Å². The fourth-order valence-electron chi connectivity index (χ4n) is 2.57. The van der Waals surface area contributed by atoms with Crippen molar-refractivity contribution >= 4 is 22.9 Å². The van der Waals surface area contributed by atoms with Gasteiger partial charge in [-0.2, -0.15) is 4.98 Å². The van der Waals surface area contributed by atoms with Gasteiger partial charge in [0.15, 0.2) is 0 Å². The van der Waals surface area contributed by atoms with Crippen LogP contribution in [0.15, 0.2) is 41.2 Å². The first-order valence-corrected chi connectivity index (χ1v) is 8.27. The van der Waals surface area contributed by atoms with E-state index in [1.54, 1.807) is 6.92 Å². The lowest BCUT2D eigenvalue weighted by Gasteiger charge is -2.14. The summed E-state index contributed by atoms with van der Waals surface area (Å²) in [5.74, 6) is -0.0223. The number of ether oxygens (including phenoxy) is 1. The van der Waals surface area contributed by atoms with Gasteiger partial charge in [0, 0.05) is 6.04 Å². The Bertz CT molecular complexity index is 848. The maximum Gasteiger partial charge on any atom is 0.361 e. The second-order valence-corrected chi connectivity index (χ2v) is 5.72. The number of hydrogen-bond donors (Lipinski definition) is 1. The zero-order valence-corrected chi connectivity index (χ0v) is 14.2. The van der Waals surface area contributed by atoms with Crippen LogP contribution in [0.5, 0.6) is 0 Å². The largest absolute Gasteiger partial charge is 0.461 e. The Hall–Kier alpha value is -2.96. The minimum absolute atomic E-state index is 0.0928. The zero-order chi connectivity index (χ0) is 17.6. The predicted octanol–water partition coefficient (Wildman–Crippen LogP) is 3.23. The van der Waals surface area contributed by atoms with Crippen molar-refractivity contribution in [3.05, 3.63) is 47.9 Å². The normalized spacial score (nSPS) is 12.1. The van der Waals surface area contributed by atoms with Gasteiger partial charge in [0.2, 0.25) is 5.69 Å². The summed E-state index contributed by atoms with van der Waals surface area (Å²) in [6, 6.07) is 10.4. The molecule has 0 aliphatic carbocycles. The molecule has 1 atom stereocenters. The number of esters is 1. The summed E-state index contributed by atoms with van der Waals surface area (Å²) in [7, 11) is 0. The molecule has 7 heteroatoms. The van der Waals surface area contributed by atoms with Crippen molar-refractivity contribution in [3.63, 3.8) is 0 Å². The maximum atomic E-state index is 12.0. The molecule has 0 spiro atoms. The highest BCUT2D eigenvalue weighted by molar-refractivity contribution is 6.04. The van der Waals surface area contributed by atoms with Crippen LogP contribution < -0.4 is 5.32 Å². The molecule has 0 unspecified atom stereocenters. The molecule has 0 fully saturated rings. The number of aryl methyl sites for hydroxylation is 1. The Balaban J connectivity index is 1.76. The molecular weight excluding hydrogens is 320 g/mol. The predicted molar refractivity (Wildman–Crippen MR) is 93.4 cm³/mol. The van der Waals surface area contributed by atoms with Gasteiger partial charge in [0.05, 0.1) is 6.61 Å². The van der Waals surface area contributed by atoms with Gasteiger partial charge in [0.1, 0.15) is 17.5 Å². The van der Waals surface area contributed by atoms with Gasteiger partial charge in [-0.25, -0.2) is 9.78 Å². The van der Waals surface area contributed by atoms with Crippen molar-refractivity contribution in [2.45, 2.75) is 32.7 Å². The summed E-state index contributed by atoms with van der Waals surface area (Å²) in [5, 5.41) is 7.55. The maximum absolute atomic E-state index is 12.0. The number of carbonyl (C=O) groups is 1. The lowest BCUT2D eigenvalue weighted by Crippen LogP contribution is -2.18. The molecule has 130 valence electrons. The quantitative estimate of drug-likeness (QED) is 0.660. The minimum atomic E-state index is -0.545. The van der Waals surface area contributed by atoms with Gasteiger partial charge < -0.3 is 14.6 Å². The lowest BCUT2D eigenvalue weighted by molar-refractivity contribution is 0.0517. The summed E-state index contributed by atoms with van der Waals surface area (Å²) in [6.07, 6.45) is 3.24. The van der Waals surface area contributed by atoms with Crippen LogP contribution in [0, 0.1) is 0 Å². The van der Waals surface area contributed by atoms with Crippen LogP contribution >= 0.6 is 0 Å². The summed E-state index contributed by atoms with van der Waals surface area (Å²) in [6.45, 7) is 4.06. The van der Waals surface area contributed by atoms with Crippen molar-refractivity contribution in [1.29, 1.82) is 0 Å². The Morgan fingerprint density at radius 2 is 2.08 bits per heavy atom. The van der Waals surface area contributed by atoms with Gasteiger partial charge in [-0.05, 0) is 32.3 Å². The third-order valence-electron chi connectivity index (χ3n) is 3.83. The van der Waals surface area contributed by atoms with E-state index in [0.717, 1.165) is 12.8 Å². The molecule has 1 aromatic carbocycles. The molecule has 0 saturated heterocycles. The molecule has 0 saturated carbocycles. The van der Waals surface area contributed by atoms with Crippen LogP contribution in [0.1, 0.15) is 36.3 Å². The molecule has 0 amide bonds. The van der Waals surface area contributed by atoms with Gasteiger partial charge in [-0.3, -0.25) is 0 Å². The van der Waals surface area contributed by atoms with E-state index in [2.05, 4.69) is 39.5 Å². The van der Waals surface area contributed by atoms with Crippen LogP contribution in [0.3, 0.4) is 0 Å². The van der Waals surface area contributed by atoms with Gasteiger partial charge >= 0.3 is 5.97 Å². The Labute approximate surface area is 145 Å². The number of rotatable bonds is 7. The second-order valence-electron chi connectivity index (χ2n) is 5.72. The molecule has 2 aromatic heterocycles. The van der Waals surface area contributed by atoms with E-state index in [4.69, 9.17) is 9.26 Å². The van der Waals surface area contributed by atoms with Gasteiger partial charge in [-0.1, -0.05) is 35.5 Å². The number of fused-ring (bicyclic) bond motifs is 1. The average molecular weight is 340 g/mol. The Morgan fingerprint density at radius 1 is 1.28 bits per heavy atom. The first-order valence-electron chi connectivity index (χ1n) is 8.27. The molecule has 0 aliphatic heterocycles. The molecule has 2 heterocycles. The summed E-state index contributed by atoms with van der Waals surface area (Å²) < 4.78 is 10.1. The third kappa shape index (κ3) is 3.93. The van der Waals surface area contributed by atoms with Crippen molar-refractivity contribution in [1.82, 2.24) is 15.1 Å². The first-order chi connectivity index (χ1) is 12.2. The van der Waals surface area contributed by atoms with Crippen LogP contribution in [0.2, 0.25) is 0 Å². The first kappa shape index (κ1) is 16.9. The lowest BCUT2D eigenvalue weighted by atomic mass is 10.1. The van der Waals surface area contributed by atoms with Crippen LogP contribution in [-0.4, -0.2) is 33.7 Å². The highest BCUT2D eigenvalue weighted by Crippen LogP contribution is 2.25. The summed E-state index contributed by atoms with van der Waals surface area (Å²) >= 11 is 0. The second kappa shape index (κ2) is 7.74. The van der Waals surface area contributed by atoms with E-state index in [1.807, 2.05) is 18.2 Å². The van der Waals surface area contributed by atoms with Crippen LogP contribution in [0.4, 0.5) is 5.82 Å². The van der Waals surface area contributed by atoms with Gasteiger partial charge in [-0.15, -0.1) is 0 Å². The number of hydrogen-bond acceptors (Lipinski definition) is 7. The number of nitrogens with zero attached hydrogens (tertiary/aromatic N) is 3. The smallest absolute Gasteiger partial charge is 0.361 e. The van der Waals surface area contributed by atoms with E-state index in [0.29, 0.717) is 11.2 Å². The van der Waals surface area contributed by atoms with Crippen LogP contribution in [0.25, 0.3) is 11.1 Å². The molecule has 3 rings (SSSR count). The number of anilines is 1. The van der Waals surface area contributed by atoms with Crippen molar-refractivity contribution in [2.75, 3.05) is 11.9 Å². The molecular formula is C18H20N4O3. The SMILES string of the molecule is CCOC(=O)c1noc2ncnc(N[C@@H](C)CCc3ccccc3)c12. The topological polar surface area (TPSA) is 90.1 Å². The van der Waals surface area contributed by atoms with E-state index in [9.17, 15) is 4.79 Å². The fourth-order valence-corrected chi connectivity index (χ4v) is 2.57. The van der Waals surface area contributed by atoms with Crippen LogP contribution in [-0.2, 0) is 11.2 Å². The number of aromatic nitrogens is 3. The fraction of sp³-hybridized carbons (Fsp3) is 0.333. The van der Waals surface area contributed by atoms with Crippen molar-refractivity contribution in [3.8, 4) is 0 Å². The van der Waals surface area contributed by atoms with Crippen molar-refractivity contribution in [2.24, 2.45) is 0 Å². The number of nitrogens with one attached hydrogen (secondary N) is 1. The third-order valence-corrected chi connectivity index (χ3v) is 3.83. The van der Waals surface area contributed by atoms with E-state index in [1.165, 1.54) is 11.9 Å². The monoisotopic (exact) mass is 340 g/mol.